The van der Waals surface area contributed by atoms with Crippen LogP contribution in [0, 0.1) is 0 Å². The van der Waals surface area contributed by atoms with Crippen LogP contribution in [0.2, 0.25) is 0 Å². The fraction of sp³-hybridized carbons (Fsp3) is 0.292. The van der Waals surface area contributed by atoms with Gasteiger partial charge in [0.2, 0.25) is 0 Å². The molecule has 0 atom stereocenters. The molecule has 6 aromatic rings. The number of benzene rings is 2. The molecule has 0 amide bonds. The standard InChI is InChI=1S/C48H52N6.4ClH.2Co/c1-31(2)39-27-35(28-40(32(3)4)47(39)51-25-21-37-15-13-19-45(53-37)43-17-9-11-23-49-43)36-29-41(33(5)6)48(42(30-36)34(7)8)52-26-22-38-16-14-20-46(54-38)44-18-10-12-24-50-44;;;;;;/h9-20,23-34H,21-22H2,1-8H3;4*1H;;. The van der Waals surface area contributed by atoms with Crippen molar-refractivity contribution in [3.63, 3.8) is 0 Å². The molecule has 0 unspecified atom stereocenters. The second-order valence-corrected chi connectivity index (χ2v) is 15.1. The van der Waals surface area contributed by atoms with Gasteiger partial charge in [-0.05, 0) is 130 Å². The number of hydrogen-bond acceptors (Lipinski definition) is 6. The first kappa shape index (κ1) is 56.6. The summed E-state index contributed by atoms with van der Waals surface area (Å²) >= 11 is 0. The summed E-state index contributed by atoms with van der Waals surface area (Å²) in [5, 5.41) is 0. The van der Waals surface area contributed by atoms with Gasteiger partial charge in [-0.3, -0.25) is 29.9 Å². The van der Waals surface area contributed by atoms with E-state index < -0.39 is 0 Å². The van der Waals surface area contributed by atoms with Gasteiger partial charge in [0.15, 0.2) is 0 Å². The molecule has 6 rings (SSSR count). The van der Waals surface area contributed by atoms with Gasteiger partial charge in [0.1, 0.15) is 0 Å². The monoisotopic (exact) mass is 974 g/mol. The third-order valence-corrected chi connectivity index (χ3v) is 9.67. The van der Waals surface area contributed by atoms with Crippen LogP contribution in [0.1, 0.15) is 113 Å². The molecule has 0 aliphatic carbocycles. The van der Waals surface area contributed by atoms with Crippen LogP contribution < -0.4 is 0 Å². The predicted molar refractivity (Wildman–Crippen MR) is 256 cm³/mol. The molecule has 0 aliphatic rings. The van der Waals surface area contributed by atoms with Crippen LogP contribution in [0.4, 0.5) is 11.4 Å². The zero-order valence-electron chi connectivity index (χ0n) is 35.3. The molecule has 0 bridgehead atoms. The van der Waals surface area contributed by atoms with Gasteiger partial charge < -0.3 is 0 Å². The Kier molecular flexibility index (Phi) is 25.3. The second kappa shape index (κ2) is 26.8. The van der Waals surface area contributed by atoms with Gasteiger partial charge in [0, 0.05) is 82.6 Å². The first-order chi connectivity index (χ1) is 26.1. The molecular formula is C48H56Cl4Co2N6. The number of hydrogen-bond donors (Lipinski definition) is 0. The van der Waals surface area contributed by atoms with Gasteiger partial charge in [-0.25, -0.2) is 0 Å². The molecule has 324 valence electrons. The molecule has 0 N–H and O–H groups in total. The minimum absolute atomic E-state index is 0. The van der Waals surface area contributed by atoms with E-state index in [1.807, 2.05) is 73.1 Å². The van der Waals surface area contributed by atoms with Crippen molar-refractivity contribution in [2.75, 3.05) is 0 Å². The van der Waals surface area contributed by atoms with Crippen molar-refractivity contribution in [3.05, 3.63) is 143 Å². The number of nitrogens with zero attached hydrogens (tertiary/aromatic N) is 6. The van der Waals surface area contributed by atoms with Crippen LogP contribution >= 0.6 is 49.6 Å². The number of pyridine rings is 4. The topological polar surface area (TPSA) is 76.3 Å². The fourth-order valence-electron chi connectivity index (χ4n) is 6.71. The maximum atomic E-state index is 5.16. The Morgan fingerprint density at radius 3 is 1.03 bits per heavy atom. The van der Waals surface area contributed by atoms with E-state index in [9.17, 15) is 0 Å². The van der Waals surface area contributed by atoms with Gasteiger partial charge in [-0.2, -0.15) is 0 Å². The largest absolute Gasteiger partial charge is 0.260 e. The molecule has 6 nitrogen and oxygen atoms in total. The van der Waals surface area contributed by atoms with Crippen molar-refractivity contribution in [1.29, 1.82) is 0 Å². The Morgan fingerprint density at radius 2 is 0.750 bits per heavy atom. The average Bonchev–Trinajstić information content (AvgIpc) is 3.18. The summed E-state index contributed by atoms with van der Waals surface area (Å²) in [6, 6.07) is 33.4. The summed E-state index contributed by atoms with van der Waals surface area (Å²) in [7, 11) is 0. The summed E-state index contributed by atoms with van der Waals surface area (Å²) in [5.41, 5.74) is 15.0. The Hall–Kier alpha value is -3.45. The molecule has 2 radical (unpaired) electrons. The third-order valence-electron chi connectivity index (χ3n) is 9.67. The van der Waals surface area contributed by atoms with E-state index in [2.05, 4.69) is 102 Å². The van der Waals surface area contributed by atoms with Gasteiger partial charge in [0.25, 0.3) is 0 Å². The Balaban J connectivity index is 0.00000580. The molecule has 0 spiro atoms. The first-order valence-corrected chi connectivity index (χ1v) is 19.2. The normalized spacial score (nSPS) is 10.8. The summed E-state index contributed by atoms with van der Waals surface area (Å²) in [5.74, 6) is 1.18. The minimum Gasteiger partial charge on any atom is -0.260 e. The van der Waals surface area contributed by atoms with Crippen LogP contribution in [0.15, 0.2) is 119 Å². The minimum atomic E-state index is 0. The Morgan fingerprint density at radius 1 is 0.433 bits per heavy atom. The average molecular weight is 977 g/mol. The molecule has 0 saturated heterocycles. The van der Waals surface area contributed by atoms with Crippen molar-refractivity contribution >= 4 is 73.4 Å². The third kappa shape index (κ3) is 14.3. The number of halogens is 4. The van der Waals surface area contributed by atoms with E-state index in [1.165, 1.54) is 33.4 Å². The molecule has 0 fully saturated rings. The Labute approximate surface area is 402 Å². The summed E-state index contributed by atoms with van der Waals surface area (Å²) in [6.45, 7) is 18.1. The van der Waals surface area contributed by atoms with E-state index in [1.54, 1.807) is 12.4 Å². The Bertz CT molecular complexity index is 2050. The number of aliphatic imine (C=N–C) groups is 2. The molecule has 4 heterocycles. The quantitative estimate of drug-likeness (QED) is 0.108. The van der Waals surface area contributed by atoms with Gasteiger partial charge >= 0.3 is 0 Å². The SMILES string of the molecule is CC(C)c1cc(-c2cc(C(C)C)c(N=CCc3cccc(-c4ccccn4)n3)c(C(C)C)c2)cc(C(C)C)c1N=CCc1cccc(-c2ccccn2)n1.Cl.Cl.Cl.Cl.[Co].[Co]. The predicted octanol–water partition coefficient (Wildman–Crippen LogP) is 14.3. The van der Waals surface area contributed by atoms with Crippen LogP contribution in [-0.4, -0.2) is 32.4 Å². The van der Waals surface area contributed by atoms with Crippen LogP contribution in [0.25, 0.3) is 33.9 Å². The molecule has 0 saturated carbocycles. The zero-order chi connectivity index (χ0) is 38.2. The maximum absolute atomic E-state index is 5.16. The molecular weight excluding hydrogens is 920 g/mol. The van der Waals surface area contributed by atoms with Gasteiger partial charge in [0.05, 0.1) is 34.2 Å². The van der Waals surface area contributed by atoms with E-state index >= 15 is 0 Å². The summed E-state index contributed by atoms with van der Waals surface area (Å²) < 4.78 is 0. The maximum Gasteiger partial charge on any atom is 0.0889 e. The van der Waals surface area contributed by atoms with Gasteiger partial charge in [-0.1, -0.05) is 79.7 Å². The zero-order valence-corrected chi connectivity index (χ0v) is 40.6. The summed E-state index contributed by atoms with van der Waals surface area (Å²) in [6.07, 6.45) is 8.91. The van der Waals surface area contributed by atoms with Crippen molar-refractivity contribution in [2.45, 2.75) is 91.9 Å². The molecule has 4 aromatic heterocycles. The van der Waals surface area contributed by atoms with E-state index in [0.29, 0.717) is 36.5 Å². The molecule has 0 aliphatic heterocycles. The fourth-order valence-corrected chi connectivity index (χ4v) is 6.71. The smallest absolute Gasteiger partial charge is 0.0889 e. The van der Waals surface area contributed by atoms with E-state index in [-0.39, 0.29) is 83.2 Å². The van der Waals surface area contributed by atoms with Crippen molar-refractivity contribution in [1.82, 2.24) is 19.9 Å². The molecule has 60 heavy (non-hydrogen) atoms. The second-order valence-electron chi connectivity index (χ2n) is 15.1. The van der Waals surface area contributed by atoms with Crippen LogP contribution in [-0.2, 0) is 46.4 Å². The van der Waals surface area contributed by atoms with Crippen LogP contribution in [0.5, 0.6) is 0 Å². The van der Waals surface area contributed by atoms with E-state index in [4.69, 9.17) is 20.0 Å². The first-order valence-electron chi connectivity index (χ1n) is 19.2. The van der Waals surface area contributed by atoms with Crippen molar-refractivity contribution in [2.24, 2.45) is 9.98 Å². The molecule has 2 aromatic carbocycles. The number of rotatable bonds is 13. The number of aromatic nitrogens is 4. The summed E-state index contributed by atoms with van der Waals surface area (Å²) in [4.78, 5) is 29.0. The van der Waals surface area contributed by atoms with Crippen molar-refractivity contribution < 1.29 is 33.6 Å². The van der Waals surface area contributed by atoms with Gasteiger partial charge in [-0.15, -0.1) is 49.6 Å². The molecule has 12 heteroatoms. The van der Waals surface area contributed by atoms with Crippen molar-refractivity contribution in [3.8, 4) is 33.9 Å². The van der Waals surface area contributed by atoms with E-state index in [0.717, 1.165) is 45.5 Å². The van der Waals surface area contributed by atoms with Crippen LogP contribution in [0.3, 0.4) is 0 Å².